The van der Waals surface area contributed by atoms with E-state index in [4.69, 9.17) is 0 Å². The lowest BCUT2D eigenvalue weighted by Crippen LogP contribution is -1.82. The SMILES string of the molecule is C=C(C)C(=C)CCCCC. The van der Waals surface area contributed by atoms with Crippen molar-refractivity contribution in [2.75, 3.05) is 0 Å². The standard InChI is InChI=1S/C10H18/c1-5-6-7-8-10(4)9(2)3/h2,4-8H2,1,3H3. The van der Waals surface area contributed by atoms with E-state index in [1.807, 2.05) is 6.92 Å². The Hall–Kier alpha value is -0.520. The van der Waals surface area contributed by atoms with Gasteiger partial charge in [0.2, 0.25) is 0 Å². The minimum atomic E-state index is 1.13. The van der Waals surface area contributed by atoms with E-state index in [-0.39, 0.29) is 0 Å². The summed E-state index contributed by atoms with van der Waals surface area (Å²) >= 11 is 0. The average molecular weight is 138 g/mol. The third-order valence-electron chi connectivity index (χ3n) is 1.69. The van der Waals surface area contributed by atoms with Crippen LogP contribution in [-0.4, -0.2) is 0 Å². The largest absolute Gasteiger partial charge is 0.0959 e. The Labute approximate surface area is 64.6 Å². The number of hydrogen-bond acceptors (Lipinski definition) is 0. The Morgan fingerprint density at radius 1 is 1.20 bits per heavy atom. The van der Waals surface area contributed by atoms with Gasteiger partial charge in [-0.3, -0.25) is 0 Å². The molecule has 0 bridgehead atoms. The molecule has 0 amide bonds. The molecule has 0 N–H and O–H groups in total. The first-order valence-corrected chi connectivity index (χ1v) is 4.02. The Morgan fingerprint density at radius 3 is 2.20 bits per heavy atom. The molecule has 0 aromatic rings. The summed E-state index contributed by atoms with van der Waals surface area (Å²) in [5.41, 5.74) is 2.35. The summed E-state index contributed by atoms with van der Waals surface area (Å²) in [6.07, 6.45) is 4.99. The molecule has 0 spiro atoms. The van der Waals surface area contributed by atoms with Crippen molar-refractivity contribution >= 4 is 0 Å². The van der Waals surface area contributed by atoms with E-state index in [1.54, 1.807) is 0 Å². The molecule has 0 saturated carbocycles. The summed E-state index contributed by atoms with van der Waals surface area (Å²) < 4.78 is 0. The highest BCUT2D eigenvalue weighted by molar-refractivity contribution is 5.22. The van der Waals surface area contributed by atoms with E-state index < -0.39 is 0 Å². The number of hydrogen-bond donors (Lipinski definition) is 0. The third-order valence-corrected chi connectivity index (χ3v) is 1.69. The molecule has 0 heteroatoms. The van der Waals surface area contributed by atoms with Gasteiger partial charge in [-0.1, -0.05) is 44.1 Å². The highest BCUT2D eigenvalue weighted by Gasteiger charge is 1.92. The minimum Gasteiger partial charge on any atom is -0.0959 e. The fraction of sp³-hybridized carbons (Fsp3) is 0.600. The third kappa shape index (κ3) is 4.37. The molecule has 0 aromatic heterocycles. The summed E-state index contributed by atoms with van der Waals surface area (Å²) in [4.78, 5) is 0. The molecular weight excluding hydrogens is 120 g/mol. The molecule has 0 aliphatic heterocycles. The van der Waals surface area contributed by atoms with Gasteiger partial charge in [-0.25, -0.2) is 0 Å². The highest BCUT2D eigenvalue weighted by atomic mass is 14.0. The van der Waals surface area contributed by atoms with Crippen LogP contribution in [0, 0.1) is 0 Å². The van der Waals surface area contributed by atoms with E-state index in [0.29, 0.717) is 0 Å². The van der Waals surface area contributed by atoms with Crippen molar-refractivity contribution in [1.29, 1.82) is 0 Å². The first-order chi connectivity index (χ1) is 4.68. The molecule has 0 atom stereocenters. The molecular formula is C10H18. The first-order valence-electron chi connectivity index (χ1n) is 4.02. The lowest BCUT2D eigenvalue weighted by molar-refractivity contribution is 0.717. The van der Waals surface area contributed by atoms with Gasteiger partial charge in [-0.05, 0) is 19.8 Å². The van der Waals surface area contributed by atoms with Gasteiger partial charge in [-0.2, -0.15) is 0 Å². The summed E-state index contributed by atoms with van der Waals surface area (Å²) in [6, 6.07) is 0. The summed E-state index contributed by atoms with van der Waals surface area (Å²) in [7, 11) is 0. The van der Waals surface area contributed by atoms with Crippen LogP contribution in [0.15, 0.2) is 24.3 Å². The van der Waals surface area contributed by atoms with E-state index in [9.17, 15) is 0 Å². The maximum Gasteiger partial charge on any atom is -0.0282 e. The molecule has 0 unspecified atom stereocenters. The van der Waals surface area contributed by atoms with Gasteiger partial charge >= 0.3 is 0 Å². The monoisotopic (exact) mass is 138 g/mol. The Morgan fingerprint density at radius 2 is 1.80 bits per heavy atom. The van der Waals surface area contributed by atoms with Crippen LogP contribution in [0.5, 0.6) is 0 Å². The van der Waals surface area contributed by atoms with Crippen LogP contribution < -0.4 is 0 Å². The van der Waals surface area contributed by atoms with Crippen molar-refractivity contribution in [2.24, 2.45) is 0 Å². The summed E-state index contributed by atoms with van der Waals surface area (Å²) in [5.74, 6) is 0. The van der Waals surface area contributed by atoms with Gasteiger partial charge in [-0.15, -0.1) is 0 Å². The van der Waals surface area contributed by atoms with E-state index in [2.05, 4.69) is 20.1 Å². The van der Waals surface area contributed by atoms with Crippen molar-refractivity contribution in [1.82, 2.24) is 0 Å². The van der Waals surface area contributed by atoms with Gasteiger partial charge in [0.15, 0.2) is 0 Å². The van der Waals surface area contributed by atoms with Gasteiger partial charge < -0.3 is 0 Å². The second-order valence-electron chi connectivity index (χ2n) is 2.84. The Bertz CT molecular complexity index is 120. The zero-order chi connectivity index (χ0) is 7.98. The van der Waals surface area contributed by atoms with Crippen molar-refractivity contribution in [3.05, 3.63) is 24.3 Å². The molecule has 0 heterocycles. The number of rotatable bonds is 5. The minimum absolute atomic E-state index is 1.13. The first kappa shape index (κ1) is 9.48. The fourth-order valence-corrected chi connectivity index (χ4v) is 0.802. The van der Waals surface area contributed by atoms with Crippen molar-refractivity contribution in [3.8, 4) is 0 Å². The molecule has 0 aliphatic carbocycles. The average Bonchev–Trinajstić information content (AvgIpc) is 1.88. The molecule has 0 rings (SSSR count). The molecule has 10 heavy (non-hydrogen) atoms. The van der Waals surface area contributed by atoms with E-state index in [0.717, 1.165) is 12.0 Å². The van der Waals surface area contributed by atoms with Crippen molar-refractivity contribution < 1.29 is 0 Å². The molecule has 0 radical (unpaired) electrons. The quantitative estimate of drug-likeness (QED) is 0.401. The van der Waals surface area contributed by atoms with Crippen LogP contribution in [0.1, 0.15) is 39.5 Å². The number of allylic oxidation sites excluding steroid dienone is 2. The predicted octanol–water partition coefficient (Wildman–Crippen LogP) is 3.70. The van der Waals surface area contributed by atoms with Gasteiger partial charge in [0.05, 0.1) is 0 Å². The maximum absolute atomic E-state index is 3.93. The van der Waals surface area contributed by atoms with Crippen LogP contribution in [0.3, 0.4) is 0 Å². The summed E-state index contributed by atoms with van der Waals surface area (Å²) in [5, 5.41) is 0. The normalized spacial score (nSPS) is 9.40. The van der Waals surface area contributed by atoms with E-state index in [1.165, 1.54) is 24.8 Å². The molecule has 0 fully saturated rings. The maximum atomic E-state index is 3.93. The zero-order valence-corrected chi connectivity index (χ0v) is 7.24. The van der Waals surface area contributed by atoms with Crippen LogP contribution in [0.2, 0.25) is 0 Å². The summed E-state index contributed by atoms with van der Waals surface area (Å²) in [6.45, 7) is 12.0. The topological polar surface area (TPSA) is 0 Å². The number of unbranched alkanes of at least 4 members (excludes halogenated alkanes) is 2. The highest BCUT2D eigenvalue weighted by Crippen LogP contribution is 2.12. The molecule has 0 saturated heterocycles. The van der Waals surface area contributed by atoms with Crippen molar-refractivity contribution in [3.63, 3.8) is 0 Å². The molecule has 0 nitrogen and oxygen atoms in total. The lowest BCUT2D eigenvalue weighted by atomic mass is 10.0. The molecule has 58 valence electrons. The van der Waals surface area contributed by atoms with Crippen molar-refractivity contribution in [2.45, 2.75) is 39.5 Å². The molecule has 0 aliphatic rings. The predicted molar refractivity (Wildman–Crippen MR) is 48.1 cm³/mol. The van der Waals surface area contributed by atoms with Crippen LogP contribution in [-0.2, 0) is 0 Å². The Balaban J connectivity index is 3.31. The van der Waals surface area contributed by atoms with Gasteiger partial charge in [0.1, 0.15) is 0 Å². The van der Waals surface area contributed by atoms with Gasteiger partial charge in [0.25, 0.3) is 0 Å². The van der Waals surface area contributed by atoms with Crippen LogP contribution >= 0.6 is 0 Å². The second kappa shape index (κ2) is 5.28. The van der Waals surface area contributed by atoms with Crippen LogP contribution in [0.25, 0.3) is 0 Å². The fourth-order valence-electron chi connectivity index (χ4n) is 0.802. The molecule has 0 aromatic carbocycles. The van der Waals surface area contributed by atoms with Gasteiger partial charge in [0, 0.05) is 0 Å². The second-order valence-corrected chi connectivity index (χ2v) is 2.84. The van der Waals surface area contributed by atoms with E-state index >= 15 is 0 Å². The lowest BCUT2D eigenvalue weighted by Gasteiger charge is -2.02. The Kier molecular flexibility index (Phi) is 5.00. The zero-order valence-electron chi connectivity index (χ0n) is 7.24. The smallest absolute Gasteiger partial charge is 0.0282 e. The van der Waals surface area contributed by atoms with Crippen LogP contribution in [0.4, 0.5) is 0 Å².